The maximum Gasteiger partial charge on any atom is 0.269 e. The van der Waals surface area contributed by atoms with Crippen molar-refractivity contribution < 1.29 is 9.72 Å². The molecule has 0 spiro atoms. The zero-order valence-corrected chi connectivity index (χ0v) is 15.2. The van der Waals surface area contributed by atoms with Crippen molar-refractivity contribution in [1.82, 2.24) is 14.9 Å². The van der Waals surface area contributed by atoms with E-state index in [1.165, 1.54) is 18.2 Å². The highest BCUT2D eigenvalue weighted by Gasteiger charge is 2.05. The second kappa shape index (κ2) is 9.27. The molecular formula is C21H20N4O3. The van der Waals surface area contributed by atoms with Gasteiger partial charge in [0.2, 0.25) is 5.91 Å². The molecule has 28 heavy (non-hydrogen) atoms. The Balaban J connectivity index is 1.45. The van der Waals surface area contributed by atoms with Crippen molar-refractivity contribution in [3.05, 3.63) is 88.7 Å². The minimum atomic E-state index is -0.455. The van der Waals surface area contributed by atoms with Gasteiger partial charge in [0.25, 0.3) is 5.69 Å². The molecule has 3 aromatic rings. The van der Waals surface area contributed by atoms with Gasteiger partial charge in [0.15, 0.2) is 0 Å². The Morgan fingerprint density at radius 3 is 2.61 bits per heavy atom. The molecule has 1 amide bonds. The molecule has 0 aliphatic rings. The summed E-state index contributed by atoms with van der Waals surface area (Å²) in [5.41, 5.74) is 1.81. The number of aromatic nitrogens is 2. The van der Waals surface area contributed by atoms with Crippen molar-refractivity contribution in [2.45, 2.75) is 13.0 Å². The van der Waals surface area contributed by atoms with E-state index >= 15 is 0 Å². The summed E-state index contributed by atoms with van der Waals surface area (Å²) >= 11 is 0. The number of non-ortho nitro benzene ring substituents is 1. The third-order valence-corrected chi connectivity index (χ3v) is 4.15. The molecule has 0 radical (unpaired) electrons. The van der Waals surface area contributed by atoms with Crippen molar-refractivity contribution >= 4 is 17.7 Å². The fourth-order valence-corrected chi connectivity index (χ4v) is 2.74. The highest BCUT2D eigenvalue weighted by atomic mass is 16.6. The van der Waals surface area contributed by atoms with Gasteiger partial charge in [-0.15, -0.1) is 0 Å². The number of hydrogen-bond donors (Lipinski definition) is 1. The fourth-order valence-electron chi connectivity index (χ4n) is 2.74. The zero-order valence-electron chi connectivity index (χ0n) is 15.2. The summed E-state index contributed by atoms with van der Waals surface area (Å²) < 4.78 is 2.06. The van der Waals surface area contributed by atoms with Gasteiger partial charge in [0, 0.05) is 49.3 Å². The number of benzene rings is 2. The van der Waals surface area contributed by atoms with Gasteiger partial charge in [-0.3, -0.25) is 14.9 Å². The fraction of sp³-hybridized carbons (Fsp3) is 0.143. The van der Waals surface area contributed by atoms with Crippen LogP contribution in [-0.4, -0.2) is 26.9 Å². The summed E-state index contributed by atoms with van der Waals surface area (Å²) in [4.78, 5) is 26.5. The number of nitrogens with zero attached hydrogens (tertiary/aromatic N) is 3. The van der Waals surface area contributed by atoms with Gasteiger partial charge in [0.05, 0.1) is 4.92 Å². The molecule has 0 aliphatic heterocycles. The van der Waals surface area contributed by atoms with E-state index in [4.69, 9.17) is 0 Å². The van der Waals surface area contributed by atoms with E-state index in [0.717, 1.165) is 29.9 Å². The Morgan fingerprint density at radius 1 is 1.14 bits per heavy atom. The molecule has 142 valence electrons. The first kappa shape index (κ1) is 19.0. The first-order chi connectivity index (χ1) is 13.6. The maximum absolute atomic E-state index is 11.9. The summed E-state index contributed by atoms with van der Waals surface area (Å²) in [5.74, 6) is 0.706. The quantitative estimate of drug-likeness (QED) is 0.281. The Hall–Kier alpha value is -3.74. The molecule has 3 rings (SSSR count). The second-order valence-corrected chi connectivity index (χ2v) is 6.14. The lowest BCUT2D eigenvalue weighted by Gasteiger charge is -2.08. The van der Waals surface area contributed by atoms with Gasteiger partial charge in [-0.25, -0.2) is 4.98 Å². The van der Waals surface area contributed by atoms with E-state index in [2.05, 4.69) is 14.9 Å². The Kier molecular flexibility index (Phi) is 6.30. The van der Waals surface area contributed by atoms with Crippen LogP contribution in [0.25, 0.3) is 17.5 Å². The molecule has 7 nitrogen and oxygen atoms in total. The van der Waals surface area contributed by atoms with Gasteiger partial charge in [-0.2, -0.15) is 0 Å². The molecule has 0 saturated carbocycles. The standard InChI is InChI=1S/C21H20N4O3/c26-20(12-9-17-7-10-19(11-8-17)25(27)28)22-13-4-15-24-16-14-23-21(24)18-5-2-1-3-6-18/h1-3,5-12,14,16H,4,13,15H2,(H,22,26)/b12-9+. The third kappa shape index (κ3) is 5.14. The minimum Gasteiger partial charge on any atom is -0.352 e. The number of hydrogen-bond acceptors (Lipinski definition) is 4. The lowest BCUT2D eigenvalue weighted by molar-refractivity contribution is -0.384. The summed E-state index contributed by atoms with van der Waals surface area (Å²) in [6, 6.07) is 16.0. The molecule has 0 unspecified atom stereocenters. The number of carbonyl (C=O) groups is 1. The number of carbonyl (C=O) groups excluding carboxylic acids is 1. The van der Waals surface area contributed by atoms with Crippen LogP contribution in [0.2, 0.25) is 0 Å². The van der Waals surface area contributed by atoms with Gasteiger partial charge in [-0.05, 0) is 30.2 Å². The number of nitro benzene ring substituents is 1. The van der Waals surface area contributed by atoms with Crippen LogP contribution in [0.4, 0.5) is 5.69 Å². The highest BCUT2D eigenvalue weighted by molar-refractivity contribution is 5.91. The highest BCUT2D eigenvalue weighted by Crippen LogP contribution is 2.17. The number of aryl methyl sites for hydroxylation is 1. The molecule has 1 N–H and O–H groups in total. The number of nitro groups is 1. The van der Waals surface area contributed by atoms with Crippen LogP contribution >= 0.6 is 0 Å². The number of rotatable bonds is 8. The van der Waals surface area contributed by atoms with Gasteiger partial charge < -0.3 is 9.88 Å². The van der Waals surface area contributed by atoms with E-state index in [9.17, 15) is 14.9 Å². The van der Waals surface area contributed by atoms with E-state index in [0.29, 0.717) is 6.54 Å². The van der Waals surface area contributed by atoms with Crippen molar-refractivity contribution in [1.29, 1.82) is 0 Å². The zero-order chi connectivity index (χ0) is 19.8. The topological polar surface area (TPSA) is 90.1 Å². The monoisotopic (exact) mass is 376 g/mol. The van der Waals surface area contributed by atoms with Crippen LogP contribution in [0.1, 0.15) is 12.0 Å². The first-order valence-electron chi connectivity index (χ1n) is 8.90. The van der Waals surface area contributed by atoms with Crippen LogP contribution in [0.15, 0.2) is 73.1 Å². The van der Waals surface area contributed by atoms with Crippen molar-refractivity contribution in [3.63, 3.8) is 0 Å². The van der Waals surface area contributed by atoms with Crippen molar-refractivity contribution in [3.8, 4) is 11.4 Å². The number of nitrogens with one attached hydrogen (secondary N) is 1. The third-order valence-electron chi connectivity index (χ3n) is 4.15. The average Bonchev–Trinajstić information content (AvgIpc) is 3.19. The Morgan fingerprint density at radius 2 is 1.89 bits per heavy atom. The molecule has 7 heteroatoms. The minimum absolute atomic E-state index is 0.0241. The summed E-state index contributed by atoms with van der Waals surface area (Å²) in [7, 11) is 0. The lowest BCUT2D eigenvalue weighted by atomic mass is 10.2. The van der Waals surface area contributed by atoms with Crippen molar-refractivity contribution in [2.24, 2.45) is 0 Å². The van der Waals surface area contributed by atoms with Gasteiger partial charge in [-0.1, -0.05) is 30.3 Å². The molecule has 0 saturated heterocycles. The Labute approximate surface area is 162 Å². The molecule has 0 atom stereocenters. The molecule has 0 fully saturated rings. The molecule has 2 aromatic carbocycles. The van der Waals surface area contributed by atoms with E-state index < -0.39 is 4.92 Å². The van der Waals surface area contributed by atoms with E-state index in [1.54, 1.807) is 24.4 Å². The lowest BCUT2D eigenvalue weighted by Crippen LogP contribution is -2.23. The van der Waals surface area contributed by atoms with Crippen LogP contribution in [0.5, 0.6) is 0 Å². The predicted molar refractivity (Wildman–Crippen MR) is 107 cm³/mol. The van der Waals surface area contributed by atoms with Crippen molar-refractivity contribution in [2.75, 3.05) is 6.54 Å². The Bertz CT molecular complexity index is 963. The number of amides is 1. The van der Waals surface area contributed by atoms with Crippen LogP contribution in [0.3, 0.4) is 0 Å². The molecular weight excluding hydrogens is 356 g/mol. The van der Waals surface area contributed by atoms with Gasteiger partial charge in [0.1, 0.15) is 5.82 Å². The largest absolute Gasteiger partial charge is 0.352 e. The van der Waals surface area contributed by atoms with Crippen LogP contribution in [0, 0.1) is 10.1 Å². The molecule has 1 heterocycles. The van der Waals surface area contributed by atoms with E-state index in [-0.39, 0.29) is 11.6 Å². The van der Waals surface area contributed by atoms with E-state index in [1.807, 2.05) is 36.5 Å². The van der Waals surface area contributed by atoms with Crippen LogP contribution < -0.4 is 5.32 Å². The predicted octanol–water partition coefficient (Wildman–Crippen LogP) is 3.68. The van der Waals surface area contributed by atoms with Crippen LogP contribution in [-0.2, 0) is 11.3 Å². The molecule has 1 aromatic heterocycles. The second-order valence-electron chi connectivity index (χ2n) is 6.14. The maximum atomic E-state index is 11.9. The summed E-state index contributed by atoms with van der Waals surface area (Å²) in [5, 5.41) is 13.5. The molecule has 0 aliphatic carbocycles. The first-order valence-corrected chi connectivity index (χ1v) is 8.90. The number of imidazole rings is 1. The molecule has 0 bridgehead atoms. The SMILES string of the molecule is O=C(/C=C/c1ccc([N+](=O)[O-])cc1)NCCCn1ccnc1-c1ccccc1. The summed E-state index contributed by atoms with van der Waals surface area (Å²) in [6.45, 7) is 1.28. The smallest absolute Gasteiger partial charge is 0.269 e. The van der Waals surface area contributed by atoms with Gasteiger partial charge >= 0.3 is 0 Å². The average molecular weight is 376 g/mol. The normalized spacial score (nSPS) is 10.9. The summed E-state index contributed by atoms with van der Waals surface area (Å²) in [6.07, 6.45) is 7.52.